The summed E-state index contributed by atoms with van der Waals surface area (Å²) in [5.74, 6) is 0.469. The highest BCUT2D eigenvalue weighted by molar-refractivity contribution is 5.33. The van der Waals surface area contributed by atoms with Crippen LogP contribution in [0.15, 0.2) is 18.2 Å². The molecule has 1 aromatic carbocycles. The number of ether oxygens (including phenoxy) is 2. The standard InChI is InChI=1S/C14H22FNO2/c1-3-4-7-17-8-9-18-14-6-5-13(15)10-12(14)11-16-2/h5-6,10,16H,3-4,7-9,11H2,1-2H3. The van der Waals surface area contributed by atoms with Crippen LogP contribution in [0.4, 0.5) is 4.39 Å². The van der Waals surface area contributed by atoms with E-state index in [0.717, 1.165) is 25.0 Å². The van der Waals surface area contributed by atoms with Gasteiger partial charge in [0.05, 0.1) is 6.61 Å². The van der Waals surface area contributed by atoms with E-state index in [1.165, 1.54) is 12.1 Å². The number of hydrogen-bond acceptors (Lipinski definition) is 3. The van der Waals surface area contributed by atoms with E-state index in [0.29, 0.717) is 25.5 Å². The van der Waals surface area contributed by atoms with Gasteiger partial charge in [-0.15, -0.1) is 0 Å². The Hall–Kier alpha value is -1.13. The van der Waals surface area contributed by atoms with Crippen LogP contribution in [0.3, 0.4) is 0 Å². The highest BCUT2D eigenvalue weighted by atomic mass is 19.1. The second kappa shape index (κ2) is 8.89. The summed E-state index contributed by atoms with van der Waals surface area (Å²) in [6.45, 7) is 4.54. The van der Waals surface area contributed by atoms with Gasteiger partial charge < -0.3 is 14.8 Å². The number of unbranched alkanes of at least 4 members (excludes halogenated alkanes) is 1. The smallest absolute Gasteiger partial charge is 0.124 e. The zero-order valence-corrected chi connectivity index (χ0v) is 11.2. The molecule has 18 heavy (non-hydrogen) atoms. The summed E-state index contributed by atoms with van der Waals surface area (Å²) in [5, 5.41) is 2.99. The molecule has 1 rings (SSSR count). The molecular weight excluding hydrogens is 233 g/mol. The predicted octanol–water partition coefficient (Wildman–Crippen LogP) is 2.74. The van der Waals surface area contributed by atoms with Crippen LogP contribution in [0.25, 0.3) is 0 Å². The maximum Gasteiger partial charge on any atom is 0.124 e. The minimum absolute atomic E-state index is 0.244. The fourth-order valence-electron chi connectivity index (χ4n) is 1.58. The molecule has 0 saturated heterocycles. The molecule has 1 N–H and O–H groups in total. The van der Waals surface area contributed by atoms with Crippen molar-refractivity contribution in [2.24, 2.45) is 0 Å². The predicted molar refractivity (Wildman–Crippen MR) is 70.4 cm³/mol. The Labute approximate surface area is 108 Å². The maximum absolute atomic E-state index is 13.1. The van der Waals surface area contributed by atoms with Crippen molar-refractivity contribution in [2.45, 2.75) is 26.3 Å². The van der Waals surface area contributed by atoms with Gasteiger partial charge in [0.2, 0.25) is 0 Å². The first-order chi connectivity index (χ1) is 8.77. The van der Waals surface area contributed by atoms with Crippen LogP contribution in [0.2, 0.25) is 0 Å². The van der Waals surface area contributed by atoms with Crippen LogP contribution in [-0.4, -0.2) is 26.9 Å². The van der Waals surface area contributed by atoms with E-state index in [9.17, 15) is 4.39 Å². The monoisotopic (exact) mass is 255 g/mol. The average molecular weight is 255 g/mol. The fraction of sp³-hybridized carbons (Fsp3) is 0.571. The van der Waals surface area contributed by atoms with E-state index in [-0.39, 0.29) is 5.82 Å². The van der Waals surface area contributed by atoms with Gasteiger partial charge in [-0.1, -0.05) is 13.3 Å². The lowest BCUT2D eigenvalue weighted by Crippen LogP contribution is -2.11. The van der Waals surface area contributed by atoms with Gasteiger partial charge in [0, 0.05) is 18.7 Å². The zero-order chi connectivity index (χ0) is 13.2. The van der Waals surface area contributed by atoms with Crippen molar-refractivity contribution in [3.63, 3.8) is 0 Å². The summed E-state index contributed by atoms with van der Waals surface area (Å²) in [4.78, 5) is 0. The Kier molecular flexibility index (Phi) is 7.37. The largest absolute Gasteiger partial charge is 0.491 e. The Balaban J connectivity index is 2.36. The number of halogens is 1. The second-order valence-corrected chi connectivity index (χ2v) is 4.10. The summed E-state index contributed by atoms with van der Waals surface area (Å²) in [6, 6.07) is 4.56. The summed E-state index contributed by atoms with van der Waals surface area (Å²) in [6.07, 6.45) is 2.20. The Morgan fingerprint density at radius 2 is 2.06 bits per heavy atom. The molecule has 0 saturated carbocycles. The number of rotatable bonds is 9. The molecule has 4 heteroatoms. The third kappa shape index (κ3) is 5.47. The van der Waals surface area contributed by atoms with Gasteiger partial charge in [-0.3, -0.25) is 0 Å². The van der Waals surface area contributed by atoms with E-state index in [2.05, 4.69) is 12.2 Å². The van der Waals surface area contributed by atoms with E-state index in [1.54, 1.807) is 6.07 Å². The van der Waals surface area contributed by atoms with Crippen LogP contribution in [0.5, 0.6) is 5.75 Å². The van der Waals surface area contributed by atoms with Gasteiger partial charge in [-0.05, 0) is 31.7 Å². The van der Waals surface area contributed by atoms with Crippen molar-refractivity contribution in [3.8, 4) is 5.75 Å². The van der Waals surface area contributed by atoms with Crippen molar-refractivity contribution < 1.29 is 13.9 Å². The molecule has 102 valence electrons. The molecule has 0 heterocycles. The van der Waals surface area contributed by atoms with E-state index in [1.807, 2.05) is 7.05 Å². The minimum Gasteiger partial charge on any atom is -0.491 e. The first kappa shape index (κ1) is 14.9. The molecule has 0 atom stereocenters. The third-order valence-corrected chi connectivity index (χ3v) is 2.52. The van der Waals surface area contributed by atoms with Crippen LogP contribution < -0.4 is 10.1 Å². The van der Waals surface area contributed by atoms with Crippen molar-refractivity contribution in [1.29, 1.82) is 0 Å². The van der Waals surface area contributed by atoms with E-state index < -0.39 is 0 Å². The van der Waals surface area contributed by atoms with Gasteiger partial charge in [-0.25, -0.2) is 4.39 Å². The third-order valence-electron chi connectivity index (χ3n) is 2.52. The van der Waals surface area contributed by atoms with Crippen LogP contribution in [-0.2, 0) is 11.3 Å². The number of benzene rings is 1. The minimum atomic E-state index is -0.244. The topological polar surface area (TPSA) is 30.5 Å². The highest BCUT2D eigenvalue weighted by Crippen LogP contribution is 2.19. The quantitative estimate of drug-likeness (QED) is 0.688. The lowest BCUT2D eigenvalue weighted by atomic mass is 10.2. The molecule has 0 amide bonds. The molecule has 0 aromatic heterocycles. The molecule has 0 fully saturated rings. The van der Waals surface area contributed by atoms with Crippen LogP contribution >= 0.6 is 0 Å². The van der Waals surface area contributed by atoms with E-state index in [4.69, 9.17) is 9.47 Å². The summed E-state index contributed by atoms with van der Waals surface area (Å²) in [7, 11) is 1.82. The van der Waals surface area contributed by atoms with Crippen molar-refractivity contribution in [1.82, 2.24) is 5.32 Å². The first-order valence-electron chi connectivity index (χ1n) is 6.41. The van der Waals surface area contributed by atoms with Crippen LogP contribution in [0, 0.1) is 5.82 Å². The summed E-state index contributed by atoms with van der Waals surface area (Å²) < 4.78 is 24.1. The summed E-state index contributed by atoms with van der Waals surface area (Å²) >= 11 is 0. The van der Waals surface area contributed by atoms with Crippen LogP contribution in [0.1, 0.15) is 25.3 Å². The lowest BCUT2D eigenvalue weighted by Gasteiger charge is -2.11. The molecule has 0 unspecified atom stereocenters. The Morgan fingerprint density at radius 1 is 1.22 bits per heavy atom. The molecule has 0 spiro atoms. The summed E-state index contributed by atoms with van der Waals surface area (Å²) in [5.41, 5.74) is 0.825. The van der Waals surface area contributed by atoms with Crippen molar-refractivity contribution in [3.05, 3.63) is 29.6 Å². The SMILES string of the molecule is CCCCOCCOc1ccc(F)cc1CNC. The van der Waals surface area contributed by atoms with Gasteiger partial charge in [0.15, 0.2) is 0 Å². The zero-order valence-electron chi connectivity index (χ0n) is 11.2. The van der Waals surface area contributed by atoms with E-state index >= 15 is 0 Å². The Morgan fingerprint density at radius 3 is 2.78 bits per heavy atom. The average Bonchev–Trinajstić information content (AvgIpc) is 2.36. The molecule has 3 nitrogen and oxygen atoms in total. The molecule has 1 aromatic rings. The Bertz CT molecular complexity index is 345. The molecular formula is C14H22FNO2. The van der Waals surface area contributed by atoms with Gasteiger partial charge in [-0.2, -0.15) is 0 Å². The number of nitrogens with one attached hydrogen (secondary N) is 1. The molecule has 0 aliphatic heterocycles. The second-order valence-electron chi connectivity index (χ2n) is 4.10. The number of hydrogen-bond donors (Lipinski definition) is 1. The maximum atomic E-state index is 13.1. The first-order valence-corrected chi connectivity index (χ1v) is 6.41. The van der Waals surface area contributed by atoms with Crippen molar-refractivity contribution in [2.75, 3.05) is 26.9 Å². The van der Waals surface area contributed by atoms with Gasteiger partial charge in [0.25, 0.3) is 0 Å². The fourth-order valence-corrected chi connectivity index (χ4v) is 1.58. The molecule has 0 bridgehead atoms. The molecule has 0 aliphatic rings. The molecule has 0 radical (unpaired) electrons. The van der Waals surface area contributed by atoms with Crippen molar-refractivity contribution >= 4 is 0 Å². The lowest BCUT2D eigenvalue weighted by molar-refractivity contribution is 0.0977. The molecule has 0 aliphatic carbocycles. The van der Waals surface area contributed by atoms with Gasteiger partial charge >= 0.3 is 0 Å². The highest BCUT2D eigenvalue weighted by Gasteiger charge is 2.04. The normalized spacial score (nSPS) is 10.6. The van der Waals surface area contributed by atoms with Gasteiger partial charge in [0.1, 0.15) is 18.2 Å².